The summed E-state index contributed by atoms with van der Waals surface area (Å²) in [6, 6.07) is 10.6. The molecule has 1 fully saturated rings. The molecule has 2 aromatic heterocycles. The van der Waals surface area contributed by atoms with Crippen LogP contribution >= 0.6 is 0 Å². The minimum atomic E-state index is -1.26. The number of nitrogens with one attached hydrogen (secondary N) is 1. The molecule has 1 N–H and O–H groups in total. The van der Waals surface area contributed by atoms with Crippen molar-refractivity contribution in [2.24, 2.45) is 0 Å². The smallest absolute Gasteiger partial charge is 0.325 e. The molecule has 1 aromatic carbocycles. The summed E-state index contributed by atoms with van der Waals surface area (Å²) in [5, 5.41) is 6.62. The molecule has 0 bridgehead atoms. The minimum Gasteiger partial charge on any atom is -0.463 e. The molecule has 1 aliphatic rings. The topological polar surface area (TPSA) is 101 Å². The summed E-state index contributed by atoms with van der Waals surface area (Å²) in [5.74, 6) is 1.19. The Morgan fingerprint density at radius 1 is 1.19 bits per heavy atom. The fourth-order valence-corrected chi connectivity index (χ4v) is 3.07. The maximum Gasteiger partial charge on any atom is 0.325 e. The average Bonchev–Trinajstić information content (AvgIpc) is 3.32. The van der Waals surface area contributed by atoms with E-state index in [-0.39, 0.29) is 12.4 Å². The Bertz CT molecular complexity index is 1040. The van der Waals surface area contributed by atoms with Crippen LogP contribution in [0.1, 0.15) is 29.9 Å². The molecule has 3 aromatic rings. The number of carbonyl (C=O) groups is 2. The van der Waals surface area contributed by atoms with Gasteiger partial charge in [0.2, 0.25) is 11.7 Å². The lowest BCUT2D eigenvalue weighted by molar-refractivity contribution is -0.132. The summed E-state index contributed by atoms with van der Waals surface area (Å²) in [4.78, 5) is 30.6. The van der Waals surface area contributed by atoms with Gasteiger partial charge < -0.3 is 14.3 Å². The summed E-state index contributed by atoms with van der Waals surface area (Å²) >= 11 is 0. The summed E-state index contributed by atoms with van der Waals surface area (Å²) in [6.45, 7) is 5.24. The molecule has 1 atom stereocenters. The molecule has 1 aliphatic heterocycles. The summed E-state index contributed by atoms with van der Waals surface area (Å²) in [5.41, 5.74) is 0.612. The zero-order valence-electron chi connectivity index (χ0n) is 15.1. The molecule has 27 heavy (non-hydrogen) atoms. The summed E-state index contributed by atoms with van der Waals surface area (Å²) < 4.78 is 10.8. The van der Waals surface area contributed by atoms with Crippen molar-refractivity contribution in [3.8, 4) is 11.4 Å². The largest absolute Gasteiger partial charge is 0.463 e. The predicted octanol–water partition coefficient (Wildman–Crippen LogP) is 2.91. The Morgan fingerprint density at radius 3 is 2.70 bits per heavy atom. The van der Waals surface area contributed by atoms with Crippen LogP contribution in [-0.2, 0) is 16.9 Å². The molecule has 1 unspecified atom stereocenters. The van der Waals surface area contributed by atoms with E-state index in [0.29, 0.717) is 17.3 Å². The quantitative estimate of drug-likeness (QED) is 0.713. The van der Waals surface area contributed by atoms with Crippen molar-refractivity contribution in [3.63, 3.8) is 0 Å². The van der Waals surface area contributed by atoms with E-state index in [1.165, 1.54) is 0 Å². The van der Waals surface area contributed by atoms with E-state index in [4.69, 9.17) is 8.94 Å². The molecule has 8 heteroatoms. The van der Waals surface area contributed by atoms with Crippen molar-refractivity contribution in [1.82, 2.24) is 20.4 Å². The number of nitrogens with zero attached hydrogens (tertiary/aromatic N) is 3. The lowest BCUT2D eigenvalue weighted by atomic mass is 9.99. The molecule has 0 spiro atoms. The second-order valence-electron chi connectivity index (χ2n) is 6.74. The molecule has 3 heterocycles. The Balaban J connectivity index is 1.57. The lowest BCUT2D eigenvalue weighted by Crippen LogP contribution is -2.40. The van der Waals surface area contributed by atoms with Crippen LogP contribution in [0, 0.1) is 13.8 Å². The van der Waals surface area contributed by atoms with Crippen LogP contribution < -0.4 is 5.32 Å². The van der Waals surface area contributed by atoms with Gasteiger partial charge in [0, 0.05) is 5.56 Å². The van der Waals surface area contributed by atoms with E-state index in [9.17, 15) is 9.59 Å². The fraction of sp³-hybridized carbons (Fsp3) is 0.263. The number of aryl methyl sites for hydroxylation is 2. The second kappa shape index (κ2) is 6.08. The van der Waals surface area contributed by atoms with Crippen LogP contribution in [0.5, 0.6) is 0 Å². The maximum atomic E-state index is 12.9. The van der Waals surface area contributed by atoms with E-state index in [1.54, 1.807) is 26.0 Å². The molecule has 0 aliphatic carbocycles. The normalized spacial score (nSPS) is 19.6. The first-order chi connectivity index (χ1) is 12.9. The first kappa shape index (κ1) is 17.0. The van der Waals surface area contributed by atoms with E-state index >= 15 is 0 Å². The third kappa shape index (κ3) is 2.88. The predicted molar refractivity (Wildman–Crippen MR) is 94.3 cm³/mol. The van der Waals surface area contributed by atoms with Crippen LogP contribution in [0.25, 0.3) is 11.4 Å². The van der Waals surface area contributed by atoms with Crippen LogP contribution in [0.4, 0.5) is 4.79 Å². The van der Waals surface area contributed by atoms with Crippen LogP contribution in [0.2, 0.25) is 0 Å². The molecule has 4 rings (SSSR count). The summed E-state index contributed by atoms with van der Waals surface area (Å²) in [6.07, 6.45) is 0. The Kier molecular flexibility index (Phi) is 3.83. The van der Waals surface area contributed by atoms with Crippen LogP contribution in [-0.4, -0.2) is 27.0 Å². The van der Waals surface area contributed by atoms with Crippen molar-refractivity contribution in [2.75, 3.05) is 0 Å². The first-order valence-corrected chi connectivity index (χ1v) is 8.47. The van der Waals surface area contributed by atoms with Crippen LogP contribution in [0.3, 0.4) is 0 Å². The zero-order valence-corrected chi connectivity index (χ0v) is 15.1. The van der Waals surface area contributed by atoms with Gasteiger partial charge in [0.15, 0.2) is 5.54 Å². The number of benzene rings is 1. The highest BCUT2D eigenvalue weighted by Crippen LogP contribution is 2.31. The molecule has 3 amide bonds. The number of urea groups is 1. The first-order valence-electron chi connectivity index (χ1n) is 8.47. The molecular formula is C19H18N4O4. The Labute approximate surface area is 155 Å². The van der Waals surface area contributed by atoms with Gasteiger partial charge in [0.25, 0.3) is 5.91 Å². The summed E-state index contributed by atoms with van der Waals surface area (Å²) in [7, 11) is 0. The van der Waals surface area contributed by atoms with Gasteiger partial charge in [0.1, 0.15) is 18.1 Å². The third-order valence-corrected chi connectivity index (χ3v) is 4.55. The molecular weight excluding hydrogens is 348 g/mol. The van der Waals surface area contributed by atoms with Gasteiger partial charge in [0.05, 0.1) is 0 Å². The number of carbonyl (C=O) groups excluding carboxylic acids is 2. The van der Waals surface area contributed by atoms with Gasteiger partial charge in [-0.2, -0.15) is 4.98 Å². The molecule has 0 saturated carbocycles. The number of imide groups is 1. The van der Waals surface area contributed by atoms with E-state index < -0.39 is 17.5 Å². The highest BCUT2D eigenvalue weighted by molar-refractivity contribution is 6.06. The Hall–Kier alpha value is -3.42. The standard InChI is InChI=1S/C19H18N4O4/c1-11-5-4-6-13(9-11)16-20-15(27-22-16)10-23-17(24)19(3,21-18(23)25)14-8-7-12(2)26-14/h4-9H,10H2,1-3H3,(H,21,25). The monoisotopic (exact) mass is 366 g/mol. The van der Waals surface area contributed by atoms with Gasteiger partial charge >= 0.3 is 6.03 Å². The number of hydrogen-bond donors (Lipinski definition) is 1. The maximum absolute atomic E-state index is 12.9. The van der Waals surface area contributed by atoms with Crippen molar-refractivity contribution in [3.05, 3.63) is 59.4 Å². The number of rotatable bonds is 4. The number of aromatic nitrogens is 2. The van der Waals surface area contributed by atoms with E-state index in [1.807, 2.05) is 31.2 Å². The second-order valence-corrected chi connectivity index (χ2v) is 6.74. The fourth-order valence-electron chi connectivity index (χ4n) is 3.07. The number of furan rings is 1. The van der Waals surface area contributed by atoms with Crippen molar-refractivity contribution in [1.29, 1.82) is 0 Å². The lowest BCUT2D eigenvalue weighted by Gasteiger charge is -2.18. The minimum absolute atomic E-state index is 0.112. The Morgan fingerprint density at radius 2 is 2.00 bits per heavy atom. The molecule has 138 valence electrons. The third-order valence-electron chi connectivity index (χ3n) is 4.55. The average molecular weight is 366 g/mol. The van der Waals surface area contributed by atoms with Crippen LogP contribution in [0.15, 0.2) is 45.3 Å². The molecule has 1 saturated heterocycles. The van der Waals surface area contributed by atoms with Crippen molar-refractivity contribution in [2.45, 2.75) is 32.9 Å². The zero-order chi connectivity index (χ0) is 19.2. The van der Waals surface area contributed by atoms with Crippen molar-refractivity contribution >= 4 is 11.9 Å². The number of amides is 3. The van der Waals surface area contributed by atoms with Gasteiger partial charge in [-0.25, -0.2) is 4.79 Å². The van der Waals surface area contributed by atoms with E-state index in [0.717, 1.165) is 16.0 Å². The van der Waals surface area contributed by atoms with Gasteiger partial charge in [-0.3, -0.25) is 9.69 Å². The van der Waals surface area contributed by atoms with Gasteiger partial charge in [-0.15, -0.1) is 0 Å². The number of hydrogen-bond acceptors (Lipinski definition) is 6. The SMILES string of the molecule is Cc1cccc(-c2noc(CN3C(=O)NC(C)(c4ccc(C)o4)C3=O)n2)c1. The van der Waals surface area contributed by atoms with Gasteiger partial charge in [-0.1, -0.05) is 28.9 Å². The van der Waals surface area contributed by atoms with Gasteiger partial charge in [-0.05, 0) is 39.0 Å². The molecule has 8 nitrogen and oxygen atoms in total. The van der Waals surface area contributed by atoms with E-state index in [2.05, 4.69) is 15.5 Å². The highest BCUT2D eigenvalue weighted by atomic mass is 16.5. The molecule has 0 radical (unpaired) electrons. The highest BCUT2D eigenvalue weighted by Gasteiger charge is 2.51. The van der Waals surface area contributed by atoms with Crippen molar-refractivity contribution < 1.29 is 18.5 Å².